The molecule has 28 heavy (non-hydrogen) atoms. The highest BCUT2D eigenvalue weighted by Gasteiger charge is 2.32. The number of nitrogens with zero attached hydrogens (tertiary/aromatic N) is 2. The van der Waals surface area contributed by atoms with Crippen molar-refractivity contribution in [3.05, 3.63) is 64.6 Å². The van der Waals surface area contributed by atoms with Gasteiger partial charge in [0.05, 0.1) is 18.6 Å². The van der Waals surface area contributed by atoms with E-state index in [2.05, 4.69) is 29.2 Å². The summed E-state index contributed by atoms with van der Waals surface area (Å²) in [5, 5.41) is 0. The van der Waals surface area contributed by atoms with Crippen LogP contribution in [0, 0.1) is 0 Å². The summed E-state index contributed by atoms with van der Waals surface area (Å²) >= 11 is 6.81. The third kappa shape index (κ3) is 4.08. The van der Waals surface area contributed by atoms with Crippen LogP contribution in [0.25, 0.3) is 6.08 Å². The summed E-state index contributed by atoms with van der Waals surface area (Å²) in [5.74, 6) is 0.765. The molecule has 0 atom stereocenters. The molecule has 4 rings (SSSR count). The zero-order valence-electron chi connectivity index (χ0n) is 15.8. The lowest BCUT2D eigenvalue weighted by molar-refractivity contribution is -0.122. The van der Waals surface area contributed by atoms with Crippen molar-refractivity contribution in [3.8, 4) is 5.75 Å². The third-order valence-corrected chi connectivity index (χ3v) is 6.41. The summed E-state index contributed by atoms with van der Waals surface area (Å²) in [6, 6.07) is 16.1. The van der Waals surface area contributed by atoms with E-state index in [1.165, 1.54) is 30.3 Å². The maximum absolute atomic E-state index is 12.8. The van der Waals surface area contributed by atoms with Gasteiger partial charge in [-0.2, -0.15) is 0 Å². The summed E-state index contributed by atoms with van der Waals surface area (Å²) in [5.41, 5.74) is 3.29. The van der Waals surface area contributed by atoms with Gasteiger partial charge in [-0.05, 0) is 54.3 Å². The van der Waals surface area contributed by atoms with Crippen LogP contribution in [-0.4, -0.2) is 35.3 Å². The normalized spacial score (nSPS) is 18.4. The quantitative estimate of drug-likeness (QED) is 0.527. The van der Waals surface area contributed by atoms with Gasteiger partial charge >= 0.3 is 0 Å². The molecular formula is C22H22N2O2S2. The number of thiocarbonyl (C=S) groups is 1. The van der Waals surface area contributed by atoms with E-state index in [0.29, 0.717) is 15.8 Å². The largest absolute Gasteiger partial charge is 0.497 e. The standard InChI is InChI=1S/C22H22N2O2S2/c1-26-19-10-6-17(7-11-19)15-24-21(25)20(28-22(24)27)14-16-4-8-18(9-5-16)23-12-2-3-13-23/h4-11,14H,2-3,12-13,15H2,1H3. The van der Waals surface area contributed by atoms with Gasteiger partial charge in [0.25, 0.3) is 5.91 Å². The first kappa shape index (κ1) is 19.0. The molecule has 0 radical (unpaired) electrons. The fourth-order valence-electron chi connectivity index (χ4n) is 3.46. The number of amides is 1. The first-order valence-corrected chi connectivity index (χ1v) is 10.6. The Morgan fingerprint density at radius 2 is 1.75 bits per heavy atom. The molecule has 0 N–H and O–H groups in total. The minimum Gasteiger partial charge on any atom is -0.497 e. The molecule has 4 nitrogen and oxygen atoms in total. The molecule has 144 valence electrons. The Kier molecular flexibility index (Phi) is 5.69. The zero-order valence-corrected chi connectivity index (χ0v) is 17.4. The average molecular weight is 411 g/mol. The van der Waals surface area contributed by atoms with Crippen LogP contribution in [0.3, 0.4) is 0 Å². The maximum atomic E-state index is 12.8. The van der Waals surface area contributed by atoms with Crippen LogP contribution < -0.4 is 9.64 Å². The van der Waals surface area contributed by atoms with Crippen molar-refractivity contribution in [2.45, 2.75) is 19.4 Å². The number of carbonyl (C=O) groups excluding carboxylic acids is 1. The fourth-order valence-corrected chi connectivity index (χ4v) is 4.71. The van der Waals surface area contributed by atoms with Crippen molar-refractivity contribution in [3.63, 3.8) is 0 Å². The summed E-state index contributed by atoms with van der Waals surface area (Å²) in [4.78, 5) is 17.6. The Hall–Kier alpha value is -2.31. The van der Waals surface area contributed by atoms with Gasteiger partial charge in [-0.3, -0.25) is 9.69 Å². The molecule has 2 saturated heterocycles. The third-order valence-electron chi connectivity index (χ3n) is 5.04. The molecule has 0 aromatic heterocycles. The van der Waals surface area contributed by atoms with Crippen LogP contribution in [-0.2, 0) is 11.3 Å². The Morgan fingerprint density at radius 3 is 2.39 bits per heavy atom. The number of hydrogen-bond acceptors (Lipinski definition) is 5. The highest BCUT2D eigenvalue weighted by Crippen LogP contribution is 2.34. The van der Waals surface area contributed by atoms with E-state index in [0.717, 1.165) is 30.0 Å². The first-order chi connectivity index (χ1) is 13.6. The molecule has 2 aliphatic heterocycles. The van der Waals surface area contributed by atoms with Crippen molar-refractivity contribution in [1.29, 1.82) is 0 Å². The van der Waals surface area contributed by atoms with Gasteiger partial charge in [0.15, 0.2) is 0 Å². The molecule has 0 bridgehead atoms. The van der Waals surface area contributed by atoms with Crippen LogP contribution >= 0.6 is 24.0 Å². The topological polar surface area (TPSA) is 32.8 Å². The smallest absolute Gasteiger partial charge is 0.266 e. The van der Waals surface area contributed by atoms with Crippen LogP contribution in [0.15, 0.2) is 53.4 Å². The molecule has 0 unspecified atom stereocenters. The summed E-state index contributed by atoms with van der Waals surface area (Å²) in [6.45, 7) is 2.73. The van der Waals surface area contributed by atoms with E-state index in [1.54, 1.807) is 12.0 Å². The molecule has 2 aromatic carbocycles. The Morgan fingerprint density at radius 1 is 1.07 bits per heavy atom. The first-order valence-electron chi connectivity index (χ1n) is 9.37. The Labute approximate surface area is 175 Å². The van der Waals surface area contributed by atoms with Crippen molar-refractivity contribution >= 4 is 46.0 Å². The van der Waals surface area contributed by atoms with E-state index >= 15 is 0 Å². The number of thioether (sulfide) groups is 1. The van der Waals surface area contributed by atoms with Crippen LogP contribution in [0.5, 0.6) is 5.75 Å². The van der Waals surface area contributed by atoms with Gasteiger partial charge in [0.1, 0.15) is 10.1 Å². The van der Waals surface area contributed by atoms with E-state index in [4.69, 9.17) is 17.0 Å². The number of rotatable bonds is 5. The van der Waals surface area contributed by atoms with Gasteiger partial charge in [-0.25, -0.2) is 0 Å². The van der Waals surface area contributed by atoms with Crippen molar-refractivity contribution in [1.82, 2.24) is 4.90 Å². The van der Waals surface area contributed by atoms with E-state index < -0.39 is 0 Å². The highest BCUT2D eigenvalue weighted by atomic mass is 32.2. The second kappa shape index (κ2) is 8.37. The van der Waals surface area contributed by atoms with E-state index in [9.17, 15) is 4.79 Å². The minimum atomic E-state index is -0.0329. The summed E-state index contributed by atoms with van der Waals surface area (Å²) < 4.78 is 5.78. The van der Waals surface area contributed by atoms with Gasteiger partial charge in [0.2, 0.25) is 0 Å². The number of methoxy groups -OCH3 is 1. The summed E-state index contributed by atoms with van der Waals surface area (Å²) in [6.07, 6.45) is 4.46. The lowest BCUT2D eigenvalue weighted by Crippen LogP contribution is -2.27. The molecule has 0 spiro atoms. The molecule has 2 heterocycles. The van der Waals surface area contributed by atoms with Crippen molar-refractivity contribution < 1.29 is 9.53 Å². The Balaban J connectivity index is 1.46. The molecular weight excluding hydrogens is 388 g/mol. The van der Waals surface area contributed by atoms with Gasteiger partial charge < -0.3 is 9.64 Å². The minimum absolute atomic E-state index is 0.0329. The number of benzene rings is 2. The predicted molar refractivity (Wildman–Crippen MR) is 120 cm³/mol. The van der Waals surface area contributed by atoms with Gasteiger partial charge in [-0.1, -0.05) is 48.2 Å². The maximum Gasteiger partial charge on any atom is 0.266 e. The molecule has 0 aliphatic carbocycles. The van der Waals surface area contributed by atoms with Gasteiger partial charge in [-0.15, -0.1) is 0 Å². The molecule has 1 amide bonds. The Bertz CT molecular complexity index is 901. The average Bonchev–Trinajstić information content (AvgIpc) is 3.34. The second-order valence-corrected chi connectivity index (χ2v) is 8.58. The van der Waals surface area contributed by atoms with Gasteiger partial charge in [0, 0.05) is 18.8 Å². The van der Waals surface area contributed by atoms with E-state index in [1.807, 2.05) is 30.3 Å². The number of hydrogen-bond donors (Lipinski definition) is 0. The fraction of sp³-hybridized carbons (Fsp3) is 0.273. The number of ether oxygens (including phenoxy) is 1. The van der Waals surface area contributed by atoms with Crippen LogP contribution in [0.4, 0.5) is 5.69 Å². The zero-order chi connectivity index (χ0) is 19.5. The van der Waals surface area contributed by atoms with Crippen molar-refractivity contribution in [2.24, 2.45) is 0 Å². The highest BCUT2D eigenvalue weighted by molar-refractivity contribution is 8.26. The number of anilines is 1. The van der Waals surface area contributed by atoms with Crippen LogP contribution in [0.1, 0.15) is 24.0 Å². The molecule has 2 fully saturated rings. The SMILES string of the molecule is COc1ccc(CN2C(=O)C(=Cc3ccc(N4CCCC4)cc3)SC2=S)cc1. The lowest BCUT2D eigenvalue weighted by Gasteiger charge is -2.17. The van der Waals surface area contributed by atoms with Crippen molar-refractivity contribution in [2.75, 3.05) is 25.1 Å². The molecule has 2 aliphatic rings. The summed E-state index contributed by atoms with van der Waals surface area (Å²) in [7, 11) is 1.64. The van der Waals surface area contributed by atoms with E-state index in [-0.39, 0.29) is 5.91 Å². The predicted octanol–water partition coefficient (Wildman–Crippen LogP) is 4.70. The van der Waals surface area contributed by atoms with Crippen LogP contribution in [0.2, 0.25) is 0 Å². The molecule has 2 aromatic rings. The lowest BCUT2D eigenvalue weighted by atomic mass is 10.1. The molecule has 0 saturated carbocycles. The monoisotopic (exact) mass is 410 g/mol. The second-order valence-electron chi connectivity index (χ2n) is 6.90. The number of carbonyl (C=O) groups is 1. The molecule has 6 heteroatoms.